The summed E-state index contributed by atoms with van der Waals surface area (Å²) in [5.74, 6) is -0.512. The van der Waals surface area contributed by atoms with Gasteiger partial charge in [0.15, 0.2) is 0 Å². The average molecular weight is 574 g/mol. The third kappa shape index (κ3) is 7.46. The molecular formula is C30H37ClFN3O5. The molecule has 40 heavy (non-hydrogen) atoms. The lowest BCUT2D eigenvalue weighted by molar-refractivity contribution is -0.138. The molecule has 0 bridgehead atoms. The molecule has 3 aromatic rings. The fourth-order valence-electron chi connectivity index (χ4n) is 5.60. The smallest absolute Gasteiger partial charge is 0.330 e. The predicted molar refractivity (Wildman–Crippen MR) is 151 cm³/mol. The van der Waals surface area contributed by atoms with Gasteiger partial charge in [0, 0.05) is 26.2 Å². The zero-order valence-electron chi connectivity index (χ0n) is 23.0. The second-order valence-corrected chi connectivity index (χ2v) is 11.1. The second-order valence-electron chi connectivity index (χ2n) is 10.7. The van der Waals surface area contributed by atoms with Gasteiger partial charge in [-0.05, 0) is 60.6 Å². The number of carbonyl (C=O) groups is 1. The molecule has 1 aliphatic carbocycles. The summed E-state index contributed by atoms with van der Waals surface area (Å²) in [6.45, 7) is 3.55. The third-order valence-electron chi connectivity index (χ3n) is 7.67. The summed E-state index contributed by atoms with van der Waals surface area (Å²) in [6, 6.07) is 9.86. The zero-order chi connectivity index (χ0) is 28.8. The number of rotatable bonds is 12. The molecule has 1 aliphatic rings. The highest BCUT2D eigenvalue weighted by atomic mass is 35.5. The minimum absolute atomic E-state index is 0.00946. The lowest BCUT2D eigenvalue weighted by atomic mass is 9.88. The van der Waals surface area contributed by atoms with Crippen LogP contribution in [0, 0.1) is 18.7 Å². The van der Waals surface area contributed by atoms with Gasteiger partial charge in [-0.25, -0.2) is 9.18 Å². The summed E-state index contributed by atoms with van der Waals surface area (Å²) in [7, 11) is 1.57. The van der Waals surface area contributed by atoms with Gasteiger partial charge in [0.05, 0.1) is 24.2 Å². The summed E-state index contributed by atoms with van der Waals surface area (Å²) in [4.78, 5) is 26.2. The number of aromatic hydroxyl groups is 1. The number of hydrogen-bond donors (Lipinski definition) is 2. The Morgan fingerprint density at radius 2 is 1.95 bits per heavy atom. The summed E-state index contributed by atoms with van der Waals surface area (Å²) in [6.07, 6.45) is 6.94. The van der Waals surface area contributed by atoms with Crippen LogP contribution in [0.4, 0.5) is 4.39 Å². The van der Waals surface area contributed by atoms with Gasteiger partial charge in [-0.15, -0.1) is 0 Å². The first kappa shape index (κ1) is 29.7. The number of benzene rings is 2. The largest absolute Gasteiger partial charge is 0.493 e. The second kappa shape index (κ2) is 13.4. The van der Waals surface area contributed by atoms with Crippen molar-refractivity contribution in [2.24, 2.45) is 13.0 Å². The Hall–Kier alpha value is -3.30. The van der Waals surface area contributed by atoms with E-state index >= 15 is 0 Å². The van der Waals surface area contributed by atoms with E-state index in [1.807, 2.05) is 25.1 Å². The van der Waals surface area contributed by atoms with E-state index in [-0.39, 0.29) is 36.2 Å². The van der Waals surface area contributed by atoms with Gasteiger partial charge in [-0.3, -0.25) is 18.8 Å². The maximum Gasteiger partial charge on any atom is 0.330 e. The van der Waals surface area contributed by atoms with Crippen LogP contribution in [-0.2, 0) is 24.9 Å². The van der Waals surface area contributed by atoms with Crippen LogP contribution in [0.5, 0.6) is 11.6 Å². The van der Waals surface area contributed by atoms with Crippen molar-refractivity contribution in [1.82, 2.24) is 14.0 Å². The molecule has 1 heterocycles. The number of imidazole rings is 1. The van der Waals surface area contributed by atoms with E-state index < -0.39 is 17.8 Å². The van der Waals surface area contributed by atoms with Crippen LogP contribution in [0.25, 0.3) is 0 Å². The SMILES string of the molecule is Cc1cc(CN(CC2CCCCC2)C(CC(=O)O)c2ccc(Cl)c(F)c2)ccc1OCCn1c(O)cn(C)c1=O. The fraction of sp³-hybridized carbons (Fsp3) is 0.467. The molecule has 1 fully saturated rings. The van der Waals surface area contributed by atoms with Crippen molar-refractivity contribution in [1.29, 1.82) is 0 Å². The van der Waals surface area contributed by atoms with Crippen LogP contribution in [0.15, 0.2) is 47.4 Å². The van der Waals surface area contributed by atoms with Crippen molar-refractivity contribution in [2.75, 3.05) is 13.2 Å². The van der Waals surface area contributed by atoms with Crippen molar-refractivity contribution in [3.63, 3.8) is 0 Å². The molecule has 10 heteroatoms. The van der Waals surface area contributed by atoms with Gasteiger partial charge < -0.3 is 14.9 Å². The highest BCUT2D eigenvalue weighted by Crippen LogP contribution is 2.33. The minimum Gasteiger partial charge on any atom is -0.493 e. The highest BCUT2D eigenvalue weighted by molar-refractivity contribution is 6.30. The van der Waals surface area contributed by atoms with Crippen LogP contribution in [0.2, 0.25) is 5.02 Å². The highest BCUT2D eigenvalue weighted by Gasteiger charge is 2.27. The first-order valence-corrected chi connectivity index (χ1v) is 14.1. The Morgan fingerprint density at radius 1 is 1.20 bits per heavy atom. The van der Waals surface area contributed by atoms with Gasteiger partial charge in [0.25, 0.3) is 0 Å². The molecule has 1 atom stereocenters. The van der Waals surface area contributed by atoms with Gasteiger partial charge in [0.1, 0.15) is 18.2 Å². The molecule has 1 saturated carbocycles. The predicted octanol–water partition coefficient (Wildman–Crippen LogP) is 5.67. The summed E-state index contributed by atoms with van der Waals surface area (Å²) < 4.78 is 22.9. The zero-order valence-corrected chi connectivity index (χ0v) is 23.7. The topological polar surface area (TPSA) is 96.9 Å². The number of aromatic nitrogens is 2. The van der Waals surface area contributed by atoms with E-state index in [1.165, 1.54) is 33.9 Å². The number of carboxylic acid groups (broad SMARTS) is 1. The van der Waals surface area contributed by atoms with Gasteiger partial charge in [-0.2, -0.15) is 0 Å². The molecule has 1 aromatic heterocycles. The molecule has 0 radical (unpaired) electrons. The molecule has 4 rings (SSSR count). The molecule has 216 valence electrons. The van der Waals surface area contributed by atoms with Crippen molar-refractivity contribution in [2.45, 2.75) is 64.6 Å². The number of hydrogen-bond acceptors (Lipinski definition) is 5. The van der Waals surface area contributed by atoms with E-state index in [1.54, 1.807) is 13.1 Å². The van der Waals surface area contributed by atoms with Gasteiger partial charge >= 0.3 is 11.7 Å². The van der Waals surface area contributed by atoms with Crippen molar-refractivity contribution < 1.29 is 24.1 Å². The molecule has 2 aromatic carbocycles. The van der Waals surface area contributed by atoms with Crippen LogP contribution in [0.1, 0.15) is 61.3 Å². The number of aliphatic carboxylic acids is 1. The summed E-state index contributed by atoms with van der Waals surface area (Å²) >= 11 is 5.93. The number of nitrogens with zero attached hydrogens (tertiary/aromatic N) is 3. The fourth-order valence-corrected chi connectivity index (χ4v) is 5.71. The standard InChI is InChI=1S/C30H37ClFN3O5/c1-20-14-22(8-11-27(20)40-13-12-35-28(36)19-33(2)30(35)39)18-34(17-21-6-4-3-5-7-21)26(16-29(37)38)23-9-10-24(31)25(32)15-23/h8-11,14-15,19,21,26,36H,3-7,12-13,16-18H2,1-2H3,(H,37,38). The van der Waals surface area contributed by atoms with Crippen molar-refractivity contribution in [3.05, 3.63) is 80.6 Å². The average Bonchev–Trinajstić information content (AvgIpc) is 3.16. The molecule has 1 unspecified atom stereocenters. The Labute approximate surface area is 238 Å². The number of aryl methyl sites for hydroxylation is 2. The Kier molecular flexibility index (Phi) is 9.92. The number of carboxylic acids is 1. The van der Waals surface area contributed by atoms with E-state index in [9.17, 15) is 24.2 Å². The molecule has 8 nitrogen and oxygen atoms in total. The summed E-state index contributed by atoms with van der Waals surface area (Å²) in [5.41, 5.74) is 2.16. The third-order valence-corrected chi connectivity index (χ3v) is 7.98. The maximum atomic E-state index is 14.4. The van der Waals surface area contributed by atoms with E-state index in [0.717, 1.165) is 43.4 Å². The normalized spacial score (nSPS) is 14.9. The lowest BCUT2D eigenvalue weighted by Crippen LogP contribution is -2.35. The number of ether oxygens (including phenoxy) is 1. The monoisotopic (exact) mass is 573 g/mol. The van der Waals surface area contributed by atoms with Gasteiger partial charge in [-0.1, -0.05) is 49.1 Å². The first-order chi connectivity index (χ1) is 19.1. The van der Waals surface area contributed by atoms with Crippen LogP contribution < -0.4 is 10.4 Å². The number of halogens is 2. The van der Waals surface area contributed by atoms with E-state index in [2.05, 4.69) is 4.90 Å². The van der Waals surface area contributed by atoms with Crippen molar-refractivity contribution >= 4 is 17.6 Å². The maximum absolute atomic E-state index is 14.4. The van der Waals surface area contributed by atoms with Crippen LogP contribution in [0.3, 0.4) is 0 Å². The van der Waals surface area contributed by atoms with Crippen LogP contribution >= 0.6 is 11.6 Å². The first-order valence-electron chi connectivity index (χ1n) is 13.7. The Balaban J connectivity index is 1.53. The quantitative estimate of drug-likeness (QED) is 0.290. The summed E-state index contributed by atoms with van der Waals surface area (Å²) in [5, 5.41) is 19.7. The molecule has 0 saturated heterocycles. The van der Waals surface area contributed by atoms with E-state index in [4.69, 9.17) is 16.3 Å². The minimum atomic E-state index is -0.947. The molecule has 0 amide bonds. The Bertz CT molecular complexity index is 1380. The molecular weight excluding hydrogens is 537 g/mol. The van der Waals surface area contributed by atoms with Gasteiger partial charge in [0.2, 0.25) is 5.88 Å². The van der Waals surface area contributed by atoms with Crippen LogP contribution in [-0.4, -0.2) is 43.4 Å². The molecule has 0 aliphatic heterocycles. The van der Waals surface area contributed by atoms with E-state index in [0.29, 0.717) is 23.8 Å². The Morgan fingerprint density at radius 3 is 2.58 bits per heavy atom. The van der Waals surface area contributed by atoms with Crippen molar-refractivity contribution in [3.8, 4) is 11.6 Å². The molecule has 0 spiro atoms. The molecule has 2 N–H and O–H groups in total. The lowest BCUT2D eigenvalue weighted by Gasteiger charge is -2.35.